The van der Waals surface area contributed by atoms with Crippen LogP contribution in [0.3, 0.4) is 0 Å². The third-order valence-corrected chi connectivity index (χ3v) is 5.50. The minimum Gasteiger partial charge on any atom is -0.338 e. The Morgan fingerprint density at radius 1 is 1.57 bits per heavy atom. The maximum Gasteiger partial charge on any atom is 0.314 e. The largest absolute Gasteiger partial charge is 0.338 e. The molecule has 21 heavy (non-hydrogen) atoms. The Morgan fingerprint density at radius 2 is 2.38 bits per heavy atom. The number of rotatable bonds is 6. The van der Waals surface area contributed by atoms with Crippen LogP contribution in [0.1, 0.15) is 32.5 Å². The van der Waals surface area contributed by atoms with Gasteiger partial charge in [-0.05, 0) is 38.4 Å². The summed E-state index contributed by atoms with van der Waals surface area (Å²) in [5.74, 6) is 2.60. The zero-order chi connectivity index (χ0) is 15.3. The van der Waals surface area contributed by atoms with Crippen molar-refractivity contribution in [1.29, 1.82) is 0 Å². The SMILES string of the molecule is Cc1nccn1C[C@H](C)CNC(=O)NC[C@]1(C)CCCS1. The first-order valence-corrected chi connectivity index (χ1v) is 8.60. The van der Waals surface area contributed by atoms with E-state index in [1.807, 2.05) is 31.1 Å². The Bertz CT molecular complexity index is 468. The molecule has 1 fully saturated rings. The number of hydrogen-bond donors (Lipinski definition) is 2. The van der Waals surface area contributed by atoms with Crippen LogP contribution in [0, 0.1) is 12.8 Å². The highest BCUT2D eigenvalue weighted by Crippen LogP contribution is 2.36. The molecular formula is C15H26N4OS. The minimum atomic E-state index is -0.0575. The molecule has 0 bridgehead atoms. The number of imidazole rings is 1. The second-order valence-electron chi connectivity index (χ2n) is 6.20. The van der Waals surface area contributed by atoms with Crippen LogP contribution in [-0.4, -0.2) is 39.2 Å². The second kappa shape index (κ2) is 7.20. The number of amides is 2. The fourth-order valence-corrected chi connectivity index (χ4v) is 3.81. The number of carbonyl (C=O) groups is 1. The lowest BCUT2D eigenvalue weighted by Gasteiger charge is -2.23. The van der Waals surface area contributed by atoms with Crippen molar-refractivity contribution in [3.63, 3.8) is 0 Å². The first-order valence-electron chi connectivity index (χ1n) is 7.62. The van der Waals surface area contributed by atoms with E-state index >= 15 is 0 Å². The molecule has 1 aromatic rings. The Hall–Kier alpha value is -1.17. The topological polar surface area (TPSA) is 59.0 Å². The van der Waals surface area contributed by atoms with Crippen molar-refractivity contribution in [3.05, 3.63) is 18.2 Å². The van der Waals surface area contributed by atoms with Gasteiger partial charge in [0.1, 0.15) is 5.82 Å². The quantitative estimate of drug-likeness (QED) is 0.848. The molecule has 2 heterocycles. The van der Waals surface area contributed by atoms with E-state index in [-0.39, 0.29) is 10.8 Å². The Labute approximate surface area is 131 Å². The molecule has 118 valence electrons. The highest BCUT2D eigenvalue weighted by Gasteiger charge is 2.29. The molecule has 2 N–H and O–H groups in total. The van der Waals surface area contributed by atoms with E-state index in [1.54, 1.807) is 0 Å². The van der Waals surface area contributed by atoms with E-state index < -0.39 is 0 Å². The highest BCUT2D eigenvalue weighted by molar-refractivity contribution is 8.00. The normalized spacial score (nSPS) is 23.0. The number of aromatic nitrogens is 2. The molecule has 6 heteroatoms. The summed E-state index contributed by atoms with van der Waals surface area (Å²) in [6.45, 7) is 8.65. The number of nitrogens with one attached hydrogen (secondary N) is 2. The van der Waals surface area contributed by atoms with Crippen LogP contribution in [0.25, 0.3) is 0 Å². The van der Waals surface area contributed by atoms with E-state index in [2.05, 4.69) is 34.0 Å². The van der Waals surface area contributed by atoms with Crippen LogP contribution in [0.15, 0.2) is 12.4 Å². The Kier molecular flexibility index (Phi) is 5.56. The molecule has 0 unspecified atom stereocenters. The molecule has 0 radical (unpaired) electrons. The number of thioether (sulfide) groups is 1. The first kappa shape index (κ1) is 16.2. The molecule has 2 rings (SSSR count). The summed E-state index contributed by atoms with van der Waals surface area (Å²) < 4.78 is 2.33. The molecular weight excluding hydrogens is 284 g/mol. The fraction of sp³-hybridized carbons (Fsp3) is 0.733. The van der Waals surface area contributed by atoms with Crippen LogP contribution in [0.5, 0.6) is 0 Å². The second-order valence-corrected chi connectivity index (χ2v) is 7.88. The molecule has 0 aromatic carbocycles. The van der Waals surface area contributed by atoms with Crippen LogP contribution in [0.2, 0.25) is 0 Å². The minimum absolute atomic E-state index is 0.0575. The summed E-state index contributed by atoms with van der Waals surface area (Å²) in [6.07, 6.45) is 6.23. The molecule has 5 nitrogen and oxygen atoms in total. The lowest BCUT2D eigenvalue weighted by Crippen LogP contribution is -2.43. The Morgan fingerprint density at radius 3 is 3.00 bits per heavy atom. The van der Waals surface area contributed by atoms with Crippen molar-refractivity contribution < 1.29 is 4.79 Å². The fourth-order valence-electron chi connectivity index (χ4n) is 2.57. The van der Waals surface area contributed by atoms with E-state index in [0.717, 1.165) is 18.9 Å². The molecule has 1 aliphatic rings. The van der Waals surface area contributed by atoms with E-state index in [1.165, 1.54) is 18.6 Å². The van der Waals surface area contributed by atoms with E-state index in [4.69, 9.17) is 0 Å². The summed E-state index contributed by atoms with van der Waals surface area (Å²) in [5, 5.41) is 5.96. The lowest BCUT2D eigenvalue weighted by atomic mass is 10.1. The molecule has 1 aromatic heterocycles. The first-order chi connectivity index (χ1) is 9.98. The van der Waals surface area contributed by atoms with Gasteiger partial charge < -0.3 is 15.2 Å². The van der Waals surface area contributed by atoms with Crippen LogP contribution in [0.4, 0.5) is 4.79 Å². The summed E-state index contributed by atoms with van der Waals surface area (Å²) in [4.78, 5) is 16.1. The van der Waals surface area contributed by atoms with Gasteiger partial charge in [0.15, 0.2) is 0 Å². The third-order valence-electron chi connectivity index (χ3n) is 3.97. The van der Waals surface area contributed by atoms with Gasteiger partial charge in [-0.25, -0.2) is 9.78 Å². The average Bonchev–Trinajstić information content (AvgIpc) is 3.05. The van der Waals surface area contributed by atoms with Gasteiger partial charge in [0.2, 0.25) is 0 Å². The van der Waals surface area contributed by atoms with Crippen molar-refractivity contribution in [3.8, 4) is 0 Å². The number of nitrogens with zero attached hydrogens (tertiary/aromatic N) is 2. The molecule has 2 amide bonds. The number of aryl methyl sites for hydroxylation is 1. The van der Waals surface area contributed by atoms with Gasteiger partial charge in [-0.3, -0.25) is 0 Å². The van der Waals surface area contributed by atoms with Crippen molar-refractivity contribution in [2.24, 2.45) is 5.92 Å². The number of carbonyl (C=O) groups excluding carboxylic acids is 1. The smallest absolute Gasteiger partial charge is 0.314 e. The molecule has 0 spiro atoms. The highest BCUT2D eigenvalue weighted by atomic mass is 32.2. The number of hydrogen-bond acceptors (Lipinski definition) is 3. The van der Waals surface area contributed by atoms with Gasteiger partial charge in [0.25, 0.3) is 0 Å². The lowest BCUT2D eigenvalue weighted by molar-refractivity contribution is 0.237. The summed E-state index contributed by atoms with van der Waals surface area (Å²) in [5.41, 5.74) is 0. The van der Waals surface area contributed by atoms with Crippen molar-refractivity contribution in [2.45, 2.75) is 44.9 Å². The molecule has 0 aliphatic carbocycles. The maximum absolute atomic E-state index is 11.9. The maximum atomic E-state index is 11.9. The zero-order valence-corrected chi connectivity index (χ0v) is 14.0. The third kappa shape index (κ3) is 4.95. The molecule has 0 saturated carbocycles. The zero-order valence-electron chi connectivity index (χ0n) is 13.2. The predicted molar refractivity (Wildman–Crippen MR) is 87.6 cm³/mol. The van der Waals surface area contributed by atoms with Gasteiger partial charge >= 0.3 is 6.03 Å². The van der Waals surface area contributed by atoms with Crippen LogP contribution >= 0.6 is 11.8 Å². The van der Waals surface area contributed by atoms with Crippen LogP contribution < -0.4 is 10.6 Å². The molecule has 1 saturated heterocycles. The van der Waals surface area contributed by atoms with Gasteiger partial charge in [0, 0.05) is 36.8 Å². The monoisotopic (exact) mass is 310 g/mol. The molecule has 1 aliphatic heterocycles. The summed E-state index contributed by atoms with van der Waals surface area (Å²) in [6, 6.07) is -0.0575. The van der Waals surface area contributed by atoms with Gasteiger partial charge in [0.05, 0.1) is 0 Å². The number of urea groups is 1. The van der Waals surface area contributed by atoms with Crippen LogP contribution in [-0.2, 0) is 6.54 Å². The van der Waals surface area contributed by atoms with Crippen molar-refractivity contribution >= 4 is 17.8 Å². The van der Waals surface area contributed by atoms with Gasteiger partial charge in [-0.15, -0.1) is 0 Å². The Balaban J connectivity index is 1.65. The van der Waals surface area contributed by atoms with Gasteiger partial charge in [-0.2, -0.15) is 11.8 Å². The standard InChI is InChI=1S/C15H26N4OS/c1-12(10-19-7-6-16-13(19)2)9-17-14(20)18-11-15(3)5-4-8-21-15/h6-7,12H,4-5,8-11H2,1-3H3,(H2,17,18,20)/t12-,15+/m1/s1. The van der Waals surface area contributed by atoms with Crippen molar-refractivity contribution in [2.75, 3.05) is 18.8 Å². The summed E-state index contributed by atoms with van der Waals surface area (Å²) in [7, 11) is 0. The average molecular weight is 310 g/mol. The molecule has 2 atom stereocenters. The predicted octanol–water partition coefficient (Wildman–Crippen LogP) is 2.41. The summed E-state index contributed by atoms with van der Waals surface area (Å²) >= 11 is 1.96. The van der Waals surface area contributed by atoms with Crippen molar-refractivity contribution in [1.82, 2.24) is 20.2 Å². The van der Waals surface area contributed by atoms with Gasteiger partial charge in [-0.1, -0.05) is 6.92 Å². The van der Waals surface area contributed by atoms with E-state index in [0.29, 0.717) is 12.5 Å². The van der Waals surface area contributed by atoms with E-state index in [9.17, 15) is 4.79 Å².